The number of pyridine rings is 1. The van der Waals surface area contributed by atoms with Gasteiger partial charge in [-0.15, -0.1) is 0 Å². The van der Waals surface area contributed by atoms with E-state index in [1.165, 1.54) is 4.90 Å². The van der Waals surface area contributed by atoms with Crippen LogP contribution in [-0.2, 0) is 9.59 Å². The van der Waals surface area contributed by atoms with Crippen LogP contribution in [0.5, 0.6) is 5.75 Å². The molecule has 2 heterocycles. The minimum Gasteiger partial charge on any atom is -0.507 e. The van der Waals surface area contributed by atoms with Crippen molar-refractivity contribution in [3.63, 3.8) is 0 Å². The Hall–Kier alpha value is -3.64. The van der Waals surface area contributed by atoms with Crippen LogP contribution in [0, 0.1) is 19.8 Å². The fourth-order valence-corrected chi connectivity index (χ4v) is 4.28. The van der Waals surface area contributed by atoms with Gasteiger partial charge < -0.3 is 9.84 Å². The Morgan fingerprint density at radius 3 is 2.51 bits per heavy atom. The third-order valence-corrected chi connectivity index (χ3v) is 6.10. The molecule has 1 fully saturated rings. The van der Waals surface area contributed by atoms with Gasteiger partial charge in [0.25, 0.3) is 11.7 Å². The zero-order valence-corrected chi connectivity index (χ0v) is 20.8. The molecule has 0 radical (unpaired) electrons. The van der Waals surface area contributed by atoms with Gasteiger partial charge in [0.1, 0.15) is 17.6 Å². The second-order valence-corrected chi connectivity index (χ2v) is 9.48. The molecular weight excluding hydrogens is 464 g/mol. The summed E-state index contributed by atoms with van der Waals surface area (Å²) in [5, 5.41) is 11.8. The van der Waals surface area contributed by atoms with Gasteiger partial charge in [-0.2, -0.15) is 0 Å². The molecule has 7 heteroatoms. The van der Waals surface area contributed by atoms with Crippen LogP contribution in [0.4, 0.5) is 5.69 Å². The van der Waals surface area contributed by atoms with E-state index in [1.807, 2.05) is 13.8 Å². The molecule has 0 aliphatic carbocycles. The normalized spacial score (nSPS) is 17.3. The van der Waals surface area contributed by atoms with Crippen LogP contribution in [0.1, 0.15) is 42.3 Å². The van der Waals surface area contributed by atoms with Gasteiger partial charge >= 0.3 is 0 Å². The number of carbonyl (C=O) groups is 2. The van der Waals surface area contributed by atoms with Gasteiger partial charge in [0, 0.05) is 22.5 Å². The molecule has 1 saturated heterocycles. The molecule has 6 nitrogen and oxygen atoms in total. The zero-order chi connectivity index (χ0) is 25.3. The lowest BCUT2D eigenvalue weighted by Gasteiger charge is -2.26. The van der Waals surface area contributed by atoms with Gasteiger partial charge in [-0.3, -0.25) is 19.5 Å². The van der Waals surface area contributed by atoms with Gasteiger partial charge in [0.2, 0.25) is 0 Å². The minimum atomic E-state index is -0.912. The summed E-state index contributed by atoms with van der Waals surface area (Å²) in [5.41, 5.74) is 2.91. The van der Waals surface area contributed by atoms with Gasteiger partial charge in [-0.1, -0.05) is 37.6 Å². The molecule has 0 saturated carbocycles. The number of benzene rings is 2. The molecule has 2 aromatic carbocycles. The fraction of sp³-hybridized carbons (Fsp3) is 0.250. The molecule has 3 aromatic rings. The Morgan fingerprint density at radius 1 is 1.09 bits per heavy atom. The number of ketones is 1. The fourth-order valence-electron chi connectivity index (χ4n) is 4.11. The molecule has 1 aliphatic heterocycles. The summed E-state index contributed by atoms with van der Waals surface area (Å²) in [5.74, 6) is -0.727. The number of aromatic nitrogens is 1. The second kappa shape index (κ2) is 9.92. The van der Waals surface area contributed by atoms with Crippen molar-refractivity contribution in [2.45, 2.75) is 33.7 Å². The standard InChI is InChI=1S/C28H27ClN2O4/c1-16(2)15-35-23-11-9-19(13-18(23)4)26(32)24-25(21-7-5-6-12-30-21)31(28(34)27(24)33)22-14-20(29)10-8-17(22)3/h5-14,16,25,32H,15H2,1-4H3/b26-24+. The number of aliphatic hydroxyl groups is 1. The largest absolute Gasteiger partial charge is 0.507 e. The van der Waals surface area contributed by atoms with Crippen molar-refractivity contribution < 1.29 is 19.4 Å². The highest BCUT2D eigenvalue weighted by Crippen LogP contribution is 2.43. The Balaban J connectivity index is 1.86. The predicted octanol–water partition coefficient (Wildman–Crippen LogP) is 6.01. The topological polar surface area (TPSA) is 79.7 Å². The lowest BCUT2D eigenvalue weighted by molar-refractivity contribution is -0.132. The maximum absolute atomic E-state index is 13.3. The van der Waals surface area contributed by atoms with E-state index < -0.39 is 17.7 Å². The van der Waals surface area contributed by atoms with Crippen molar-refractivity contribution in [2.24, 2.45) is 5.92 Å². The molecule has 4 rings (SSSR count). The number of amides is 1. The van der Waals surface area contributed by atoms with Crippen LogP contribution in [0.3, 0.4) is 0 Å². The van der Waals surface area contributed by atoms with Crippen LogP contribution in [0.15, 0.2) is 66.4 Å². The van der Waals surface area contributed by atoms with Crippen LogP contribution in [-0.4, -0.2) is 28.4 Å². The highest BCUT2D eigenvalue weighted by Gasteiger charge is 2.48. The Morgan fingerprint density at radius 2 is 1.86 bits per heavy atom. The molecule has 180 valence electrons. The average molecular weight is 491 g/mol. The van der Waals surface area contributed by atoms with Crippen LogP contribution < -0.4 is 9.64 Å². The summed E-state index contributed by atoms with van der Waals surface area (Å²) in [6.07, 6.45) is 1.59. The molecule has 1 atom stereocenters. The van der Waals surface area contributed by atoms with Crippen molar-refractivity contribution in [3.8, 4) is 5.75 Å². The van der Waals surface area contributed by atoms with Crippen molar-refractivity contribution in [3.05, 3.63) is 93.8 Å². The Labute approximate surface area is 209 Å². The molecular formula is C28H27ClN2O4. The van der Waals surface area contributed by atoms with E-state index in [-0.39, 0.29) is 11.3 Å². The third kappa shape index (κ3) is 4.80. The first-order valence-electron chi connectivity index (χ1n) is 11.4. The third-order valence-electron chi connectivity index (χ3n) is 5.86. The highest BCUT2D eigenvalue weighted by molar-refractivity contribution is 6.52. The molecule has 1 N–H and O–H groups in total. The summed E-state index contributed by atoms with van der Waals surface area (Å²) in [6.45, 7) is 8.40. The molecule has 1 unspecified atom stereocenters. The SMILES string of the molecule is Cc1cc(/C(O)=C2\C(=O)C(=O)N(c3cc(Cl)ccc3C)C2c2ccccn2)ccc1OCC(C)C. The number of hydrogen-bond acceptors (Lipinski definition) is 5. The molecule has 1 amide bonds. The van der Waals surface area contributed by atoms with Gasteiger partial charge in [0.05, 0.1) is 17.9 Å². The average Bonchev–Trinajstić information content (AvgIpc) is 3.10. The summed E-state index contributed by atoms with van der Waals surface area (Å²) in [7, 11) is 0. The summed E-state index contributed by atoms with van der Waals surface area (Å²) >= 11 is 6.23. The first-order chi connectivity index (χ1) is 16.7. The maximum Gasteiger partial charge on any atom is 0.300 e. The van der Waals surface area contributed by atoms with Gasteiger partial charge in [-0.25, -0.2) is 0 Å². The number of carbonyl (C=O) groups excluding carboxylic acids is 2. The van der Waals surface area contributed by atoms with E-state index in [4.69, 9.17) is 16.3 Å². The van der Waals surface area contributed by atoms with E-state index in [9.17, 15) is 14.7 Å². The predicted molar refractivity (Wildman–Crippen MR) is 137 cm³/mol. The van der Waals surface area contributed by atoms with E-state index in [0.717, 1.165) is 11.1 Å². The quantitative estimate of drug-likeness (QED) is 0.260. The van der Waals surface area contributed by atoms with E-state index in [1.54, 1.807) is 60.8 Å². The van der Waals surface area contributed by atoms with Crippen LogP contribution in [0.2, 0.25) is 5.02 Å². The second-order valence-electron chi connectivity index (χ2n) is 9.04. The number of aliphatic hydroxyl groups excluding tert-OH is 1. The van der Waals surface area contributed by atoms with Gasteiger partial charge in [-0.05, 0) is 73.4 Å². The molecule has 0 bridgehead atoms. The van der Waals surface area contributed by atoms with Crippen molar-refractivity contribution >= 4 is 34.7 Å². The number of rotatable bonds is 6. The van der Waals surface area contributed by atoms with Crippen molar-refractivity contribution in [2.75, 3.05) is 11.5 Å². The first-order valence-corrected chi connectivity index (χ1v) is 11.8. The number of halogens is 1. The van der Waals surface area contributed by atoms with Crippen LogP contribution >= 0.6 is 11.6 Å². The number of hydrogen-bond donors (Lipinski definition) is 1. The van der Waals surface area contributed by atoms with E-state index >= 15 is 0 Å². The lowest BCUT2D eigenvalue weighted by Crippen LogP contribution is -2.30. The summed E-state index contributed by atoms with van der Waals surface area (Å²) in [4.78, 5) is 32.4. The monoisotopic (exact) mass is 490 g/mol. The van der Waals surface area contributed by atoms with Gasteiger partial charge in [0.15, 0.2) is 0 Å². The van der Waals surface area contributed by atoms with E-state index in [0.29, 0.717) is 40.2 Å². The summed E-state index contributed by atoms with van der Waals surface area (Å²) < 4.78 is 5.84. The number of ether oxygens (including phenoxy) is 1. The minimum absolute atomic E-state index is 0.0247. The lowest BCUT2D eigenvalue weighted by atomic mass is 9.97. The van der Waals surface area contributed by atoms with Crippen molar-refractivity contribution in [1.29, 1.82) is 0 Å². The Bertz CT molecular complexity index is 1320. The number of aryl methyl sites for hydroxylation is 2. The first kappa shape index (κ1) is 24.5. The molecule has 1 aliphatic rings. The van der Waals surface area contributed by atoms with Crippen molar-refractivity contribution in [1.82, 2.24) is 4.98 Å². The zero-order valence-electron chi connectivity index (χ0n) is 20.1. The Kier molecular flexibility index (Phi) is 6.94. The molecule has 1 aromatic heterocycles. The van der Waals surface area contributed by atoms with E-state index in [2.05, 4.69) is 18.8 Å². The highest BCUT2D eigenvalue weighted by atomic mass is 35.5. The summed E-state index contributed by atoms with van der Waals surface area (Å²) in [6, 6.07) is 14.7. The number of nitrogens with zero attached hydrogens (tertiary/aromatic N) is 2. The number of anilines is 1. The molecule has 0 spiro atoms. The molecule has 35 heavy (non-hydrogen) atoms. The van der Waals surface area contributed by atoms with Crippen LogP contribution in [0.25, 0.3) is 5.76 Å². The smallest absolute Gasteiger partial charge is 0.300 e. The number of Topliss-reactive ketones (excluding diaryl/α,β-unsaturated/α-hetero) is 1. The maximum atomic E-state index is 13.3.